The first-order valence-electron chi connectivity index (χ1n) is 5.81. The highest BCUT2D eigenvalue weighted by atomic mass is 19.1. The predicted octanol–water partition coefficient (Wildman–Crippen LogP) is 2.64. The van der Waals surface area contributed by atoms with E-state index in [-0.39, 0.29) is 17.3 Å². The SMILES string of the molecule is CNCc1ccc(Oc2cc(F)ccc2[N+](=O)[O-])nc1. The van der Waals surface area contributed by atoms with E-state index in [0.717, 1.165) is 23.8 Å². The summed E-state index contributed by atoms with van der Waals surface area (Å²) in [7, 11) is 1.81. The molecule has 104 valence electrons. The lowest BCUT2D eigenvalue weighted by Gasteiger charge is -2.06. The first-order valence-corrected chi connectivity index (χ1v) is 5.81. The number of hydrogen-bond donors (Lipinski definition) is 1. The molecule has 0 fully saturated rings. The first kappa shape index (κ1) is 13.9. The van der Waals surface area contributed by atoms with Gasteiger partial charge in [-0.05, 0) is 18.7 Å². The molecular weight excluding hydrogens is 265 g/mol. The molecule has 0 saturated carbocycles. The quantitative estimate of drug-likeness (QED) is 0.671. The van der Waals surface area contributed by atoms with E-state index in [1.54, 1.807) is 25.4 Å². The summed E-state index contributed by atoms with van der Waals surface area (Å²) < 4.78 is 18.4. The molecule has 0 aliphatic heterocycles. The number of hydrogen-bond acceptors (Lipinski definition) is 5. The average molecular weight is 277 g/mol. The maximum absolute atomic E-state index is 13.1. The second-order valence-electron chi connectivity index (χ2n) is 4.01. The van der Waals surface area contributed by atoms with Gasteiger partial charge in [0.1, 0.15) is 5.82 Å². The van der Waals surface area contributed by atoms with Crippen LogP contribution in [0.4, 0.5) is 10.1 Å². The van der Waals surface area contributed by atoms with Gasteiger partial charge in [0.25, 0.3) is 0 Å². The summed E-state index contributed by atoms with van der Waals surface area (Å²) in [6.45, 7) is 0.646. The lowest BCUT2D eigenvalue weighted by molar-refractivity contribution is -0.385. The maximum Gasteiger partial charge on any atom is 0.311 e. The molecule has 0 aliphatic rings. The summed E-state index contributed by atoms with van der Waals surface area (Å²) in [5, 5.41) is 13.8. The Morgan fingerprint density at radius 1 is 1.40 bits per heavy atom. The molecule has 0 unspecified atom stereocenters. The van der Waals surface area contributed by atoms with Gasteiger partial charge in [-0.1, -0.05) is 6.07 Å². The fourth-order valence-corrected chi connectivity index (χ4v) is 1.61. The van der Waals surface area contributed by atoms with Crippen LogP contribution in [-0.4, -0.2) is 17.0 Å². The van der Waals surface area contributed by atoms with Gasteiger partial charge >= 0.3 is 5.69 Å². The Morgan fingerprint density at radius 3 is 2.80 bits per heavy atom. The van der Waals surface area contributed by atoms with E-state index >= 15 is 0 Å². The van der Waals surface area contributed by atoms with Gasteiger partial charge in [-0.2, -0.15) is 0 Å². The van der Waals surface area contributed by atoms with E-state index < -0.39 is 10.7 Å². The lowest BCUT2D eigenvalue weighted by atomic mass is 10.3. The molecular formula is C13H12FN3O3. The third-order valence-electron chi connectivity index (χ3n) is 2.51. The van der Waals surface area contributed by atoms with Crippen LogP contribution in [0.1, 0.15) is 5.56 Å². The lowest BCUT2D eigenvalue weighted by Crippen LogP contribution is -2.05. The summed E-state index contributed by atoms with van der Waals surface area (Å²) in [5.74, 6) is -0.625. The Bertz CT molecular complexity index is 617. The van der Waals surface area contributed by atoms with E-state index in [2.05, 4.69) is 10.3 Å². The number of aromatic nitrogens is 1. The number of nitro groups is 1. The zero-order valence-electron chi connectivity index (χ0n) is 10.7. The molecule has 2 rings (SSSR count). The normalized spacial score (nSPS) is 10.3. The summed E-state index contributed by atoms with van der Waals surface area (Å²) in [5.41, 5.74) is 0.626. The Hall–Kier alpha value is -2.54. The van der Waals surface area contributed by atoms with Crippen LogP contribution in [-0.2, 0) is 6.54 Å². The fraction of sp³-hybridized carbons (Fsp3) is 0.154. The van der Waals surface area contributed by atoms with Gasteiger partial charge in [0, 0.05) is 30.9 Å². The van der Waals surface area contributed by atoms with Crippen LogP contribution in [0.15, 0.2) is 36.5 Å². The van der Waals surface area contributed by atoms with Crippen LogP contribution in [0.3, 0.4) is 0 Å². The van der Waals surface area contributed by atoms with Gasteiger partial charge in [0.15, 0.2) is 0 Å². The molecule has 7 heteroatoms. The Balaban J connectivity index is 2.25. The van der Waals surface area contributed by atoms with Gasteiger partial charge < -0.3 is 10.1 Å². The molecule has 0 amide bonds. The van der Waals surface area contributed by atoms with Crippen molar-refractivity contribution in [1.82, 2.24) is 10.3 Å². The molecule has 6 nitrogen and oxygen atoms in total. The minimum Gasteiger partial charge on any atom is -0.432 e. The second-order valence-corrected chi connectivity index (χ2v) is 4.01. The van der Waals surface area contributed by atoms with Gasteiger partial charge in [-0.3, -0.25) is 10.1 Å². The highest BCUT2D eigenvalue weighted by molar-refractivity contribution is 5.47. The number of benzene rings is 1. The number of nitrogens with zero attached hydrogens (tertiary/aromatic N) is 2. The third kappa shape index (κ3) is 3.27. The standard InChI is InChI=1S/C13H12FN3O3/c1-15-7-9-2-5-13(16-8-9)20-12-6-10(14)3-4-11(12)17(18)19/h2-6,8,15H,7H2,1H3. The van der Waals surface area contributed by atoms with Gasteiger partial charge in [-0.15, -0.1) is 0 Å². The summed E-state index contributed by atoms with van der Waals surface area (Å²) in [6, 6.07) is 6.36. The highest BCUT2D eigenvalue weighted by Crippen LogP contribution is 2.31. The van der Waals surface area contributed by atoms with E-state index in [1.165, 1.54) is 0 Å². The summed E-state index contributed by atoms with van der Waals surface area (Å²) in [6.07, 6.45) is 1.58. The molecule has 0 radical (unpaired) electrons. The van der Waals surface area contributed by atoms with Crippen LogP contribution in [0.2, 0.25) is 0 Å². The summed E-state index contributed by atoms with van der Waals surface area (Å²) in [4.78, 5) is 14.2. The number of pyridine rings is 1. The molecule has 1 N–H and O–H groups in total. The monoisotopic (exact) mass is 277 g/mol. The molecule has 1 heterocycles. The average Bonchev–Trinajstić information content (AvgIpc) is 2.41. The van der Waals surface area contributed by atoms with Crippen molar-refractivity contribution in [3.63, 3.8) is 0 Å². The Morgan fingerprint density at radius 2 is 2.20 bits per heavy atom. The van der Waals surface area contributed by atoms with E-state index in [0.29, 0.717) is 6.54 Å². The van der Waals surface area contributed by atoms with Crippen LogP contribution < -0.4 is 10.1 Å². The molecule has 0 bridgehead atoms. The Kier molecular flexibility index (Phi) is 4.21. The fourth-order valence-electron chi connectivity index (χ4n) is 1.61. The van der Waals surface area contributed by atoms with Crippen molar-refractivity contribution in [3.8, 4) is 11.6 Å². The molecule has 1 aromatic carbocycles. The predicted molar refractivity (Wildman–Crippen MR) is 70.1 cm³/mol. The number of rotatable bonds is 5. The summed E-state index contributed by atoms with van der Waals surface area (Å²) >= 11 is 0. The van der Waals surface area contributed by atoms with Crippen LogP contribution >= 0.6 is 0 Å². The van der Waals surface area contributed by atoms with Gasteiger partial charge in [0.05, 0.1) is 4.92 Å². The molecule has 0 spiro atoms. The second kappa shape index (κ2) is 6.07. The van der Waals surface area contributed by atoms with Crippen molar-refractivity contribution >= 4 is 5.69 Å². The number of ether oxygens (including phenoxy) is 1. The largest absolute Gasteiger partial charge is 0.432 e. The Labute approximate surface area is 114 Å². The molecule has 1 aromatic heterocycles. The van der Waals surface area contributed by atoms with Crippen molar-refractivity contribution in [1.29, 1.82) is 0 Å². The minimum atomic E-state index is -0.635. The number of nitrogens with one attached hydrogen (secondary N) is 1. The molecule has 0 aliphatic carbocycles. The number of halogens is 1. The zero-order valence-corrected chi connectivity index (χ0v) is 10.7. The van der Waals surface area contributed by atoms with E-state index in [9.17, 15) is 14.5 Å². The maximum atomic E-state index is 13.1. The number of nitro benzene ring substituents is 1. The van der Waals surface area contributed by atoms with Crippen molar-refractivity contribution in [2.24, 2.45) is 0 Å². The van der Waals surface area contributed by atoms with Gasteiger partial charge in [0.2, 0.25) is 11.6 Å². The van der Waals surface area contributed by atoms with E-state index in [1.807, 2.05) is 0 Å². The van der Waals surface area contributed by atoms with Crippen molar-refractivity contribution in [3.05, 3.63) is 58.0 Å². The minimum absolute atomic E-state index is 0.165. The molecule has 2 aromatic rings. The van der Waals surface area contributed by atoms with Gasteiger partial charge in [-0.25, -0.2) is 9.37 Å². The molecule has 20 heavy (non-hydrogen) atoms. The topological polar surface area (TPSA) is 77.3 Å². The third-order valence-corrected chi connectivity index (χ3v) is 2.51. The van der Waals surface area contributed by atoms with Crippen LogP contribution in [0.25, 0.3) is 0 Å². The molecule has 0 saturated heterocycles. The van der Waals surface area contributed by atoms with E-state index in [4.69, 9.17) is 4.74 Å². The first-order chi connectivity index (χ1) is 9.60. The van der Waals surface area contributed by atoms with Crippen molar-refractivity contribution < 1.29 is 14.1 Å². The van der Waals surface area contributed by atoms with Crippen molar-refractivity contribution in [2.75, 3.05) is 7.05 Å². The zero-order chi connectivity index (χ0) is 14.5. The van der Waals surface area contributed by atoms with Crippen LogP contribution in [0.5, 0.6) is 11.6 Å². The van der Waals surface area contributed by atoms with Crippen molar-refractivity contribution in [2.45, 2.75) is 6.54 Å². The highest BCUT2D eigenvalue weighted by Gasteiger charge is 2.17. The smallest absolute Gasteiger partial charge is 0.311 e. The van der Waals surface area contributed by atoms with Crippen LogP contribution in [0, 0.1) is 15.9 Å². The molecule has 0 atom stereocenters.